The van der Waals surface area contributed by atoms with Crippen molar-refractivity contribution in [2.24, 2.45) is 7.05 Å². The van der Waals surface area contributed by atoms with Crippen LogP contribution in [0.25, 0.3) is 0 Å². The second kappa shape index (κ2) is 10.1. The van der Waals surface area contributed by atoms with Gasteiger partial charge in [-0.25, -0.2) is 12.8 Å². The second-order valence-corrected chi connectivity index (χ2v) is 10.0. The lowest BCUT2D eigenvalue weighted by atomic mass is 10.1. The number of rotatable bonds is 9. The molecule has 0 aliphatic carbocycles. The maximum absolute atomic E-state index is 13.2. The second-order valence-electron chi connectivity index (χ2n) is 7.19. The molecule has 0 aliphatic heterocycles. The van der Waals surface area contributed by atoms with Gasteiger partial charge in [-0.2, -0.15) is 0 Å². The van der Waals surface area contributed by atoms with Gasteiger partial charge in [0.05, 0.1) is 30.3 Å². The highest BCUT2D eigenvalue weighted by atomic mass is 32.2. The molecule has 8 nitrogen and oxygen atoms in total. The van der Waals surface area contributed by atoms with Crippen LogP contribution in [0.4, 0.5) is 10.1 Å². The standard InChI is InChI=1S/C21H24FN5O3S2/c1-15(16-7-5-4-6-8-16)23-20(28)14-31-21-25-24-19(26(21)2)13-27(32(3,29)30)18-11-9-17(22)10-12-18/h4-12,15H,13-14H2,1-3H3,(H,23,28)/t15-/m1/s1. The topological polar surface area (TPSA) is 97.2 Å². The molecular formula is C21H24FN5O3S2. The van der Waals surface area contributed by atoms with Crippen molar-refractivity contribution in [2.45, 2.75) is 24.7 Å². The summed E-state index contributed by atoms with van der Waals surface area (Å²) in [4.78, 5) is 12.3. The van der Waals surface area contributed by atoms with E-state index < -0.39 is 15.8 Å². The lowest BCUT2D eigenvalue weighted by Crippen LogP contribution is -2.30. The highest BCUT2D eigenvalue weighted by Crippen LogP contribution is 2.22. The van der Waals surface area contributed by atoms with Crippen molar-refractivity contribution in [3.63, 3.8) is 0 Å². The molecule has 0 bridgehead atoms. The van der Waals surface area contributed by atoms with Crippen LogP contribution in [-0.2, 0) is 28.4 Å². The van der Waals surface area contributed by atoms with E-state index >= 15 is 0 Å². The van der Waals surface area contributed by atoms with Crippen molar-refractivity contribution in [3.05, 3.63) is 71.8 Å². The van der Waals surface area contributed by atoms with E-state index in [1.165, 1.54) is 36.0 Å². The summed E-state index contributed by atoms with van der Waals surface area (Å²) in [6.45, 7) is 1.83. The summed E-state index contributed by atoms with van der Waals surface area (Å²) >= 11 is 1.21. The Labute approximate surface area is 190 Å². The largest absolute Gasteiger partial charge is 0.349 e. The van der Waals surface area contributed by atoms with E-state index in [1.54, 1.807) is 11.6 Å². The number of carbonyl (C=O) groups excluding carboxylic acids is 1. The molecule has 1 aromatic heterocycles. The smallest absolute Gasteiger partial charge is 0.232 e. The normalized spacial score (nSPS) is 12.4. The fraction of sp³-hybridized carbons (Fsp3) is 0.286. The number of halogens is 1. The molecule has 3 aromatic rings. The number of hydrogen-bond donors (Lipinski definition) is 1. The summed E-state index contributed by atoms with van der Waals surface area (Å²) in [5.41, 5.74) is 1.33. The summed E-state index contributed by atoms with van der Waals surface area (Å²) in [7, 11) is -1.94. The minimum absolute atomic E-state index is 0.0776. The van der Waals surface area contributed by atoms with Crippen molar-refractivity contribution in [1.82, 2.24) is 20.1 Å². The number of thioether (sulfide) groups is 1. The number of nitrogens with one attached hydrogen (secondary N) is 1. The molecule has 1 N–H and O–H groups in total. The van der Waals surface area contributed by atoms with E-state index in [4.69, 9.17) is 0 Å². The molecule has 0 saturated heterocycles. The van der Waals surface area contributed by atoms with E-state index in [0.717, 1.165) is 16.1 Å². The highest BCUT2D eigenvalue weighted by Gasteiger charge is 2.22. The van der Waals surface area contributed by atoms with Gasteiger partial charge in [-0.15, -0.1) is 10.2 Å². The first-order chi connectivity index (χ1) is 15.1. The molecule has 1 heterocycles. The van der Waals surface area contributed by atoms with Crippen molar-refractivity contribution in [3.8, 4) is 0 Å². The molecular weight excluding hydrogens is 453 g/mol. The van der Waals surface area contributed by atoms with Crippen molar-refractivity contribution in [2.75, 3.05) is 16.3 Å². The van der Waals surface area contributed by atoms with Gasteiger partial charge in [0.2, 0.25) is 15.9 Å². The van der Waals surface area contributed by atoms with Gasteiger partial charge in [-0.05, 0) is 36.8 Å². The molecule has 1 atom stereocenters. The van der Waals surface area contributed by atoms with Crippen molar-refractivity contribution < 1.29 is 17.6 Å². The summed E-state index contributed by atoms with van der Waals surface area (Å²) in [5, 5.41) is 11.6. The van der Waals surface area contributed by atoms with E-state index in [9.17, 15) is 17.6 Å². The zero-order valence-corrected chi connectivity index (χ0v) is 19.5. The Morgan fingerprint density at radius 1 is 1.16 bits per heavy atom. The zero-order valence-electron chi connectivity index (χ0n) is 17.9. The van der Waals surface area contributed by atoms with Gasteiger partial charge in [0.1, 0.15) is 5.82 Å². The molecule has 0 unspecified atom stereocenters. The van der Waals surface area contributed by atoms with Crippen LogP contribution >= 0.6 is 11.8 Å². The number of nitrogens with zero attached hydrogens (tertiary/aromatic N) is 4. The first-order valence-electron chi connectivity index (χ1n) is 9.74. The molecule has 2 aromatic carbocycles. The van der Waals surface area contributed by atoms with Gasteiger partial charge < -0.3 is 9.88 Å². The summed E-state index contributed by atoms with van der Waals surface area (Å²) in [5.74, 6) is -0.0867. The van der Waals surface area contributed by atoms with Crippen molar-refractivity contribution in [1.29, 1.82) is 0 Å². The Kier molecular flexibility index (Phi) is 7.52. The highest BCUT2D eigenvalue weighted by molar-refractivity contribution is 7.99. The minimum Gasteiger partial charge on any atom is -0.349 e. The molecule has 0 spiro atoms. The van der Waals surface area contributed by atoms with Gasteiger partial charge in [0, 0.05) is 7.05 Å². The molecule has 0 radical (unpaired) electrons. The molecule has 11 heteroatoms. The molecule has 0 saturated carbocycles. The predicted molar refractivity (Wildman–Crippen MR) is 122 cm³/mol. The van der Waals surface area contributed by atoms with Gasteiger partial charge in [-0.3, -0.25) is 9.10 Å². The third-order valence-corrected chi connectivity index (χ3v) is 6.90. The number of hydrogen-bond acceptors (Lipinski definition) is 6. The van der Waals surface area contributed by atoms with Crippen molar-refractivity contribution >= 4 is 33.4 Å². The number of anilines is 1. The summed E-state index contributed by atoms with van der Waals surface area (Å²) < 4.78 is 40.6. The molecule has 170 valence electrons. The van der Waals surface area contributed by atoms with Gasteiger partial charge in [0.15, 0.2) is 11.0 Å². The fourth-order valence-electron chi connectivity index (χ4n) is 2.98. The average molecular weight is 478 g/mol. The molecule has 0 fully saturated rings. The van der Waals surface area contributed by atoms with Crippen LogP contribution in [0.5, 0.6) is 0 Å². The first kappa shape index (κ1) is 23.7. The number of benzene rings is 2. The van der Waals surface area contributed by atoms with Gasteiger partial charge in [0.25, 0.3) is 0 Å². The van der Waals surface area contributed by atoms with Gasteiger partial charge in [-0.1, -0.05) is 42.1 Å². The lowest BCUT2D eigenvalue weighted by Gasteiger charge is -2.21. The summed E-state index contributed by atoms with van der Waals surface area (Å²) in [6, 6.07) is 14.7. The van der Waals surface area contributed by atoms with E-state index in [0.29, 0.717) is 16.7 Å². The number of sulfonamides is 1. The third kappa shape index (κ3) is 6.07. The van der Waals surface area contributed by atoms with Crippen LogP contribution in [-0.4, -0.2) is 41.1 Å². The monoisotopic (exact) mass is 477 g/mol. The maximum atomic E-state index is 13.2. The Hall–Kier alpha value is -2.92. The lowest BCUT2D eigenvalue weighted by molar-refractivity contribution is -0.119. The molecule has 0 aliphatic rings. The van der Waals surface area contributed by atoms with Crippen LogP contribution in [0.1, 0.15) is 24.4 Å². The number of amides is 1. The van der Waals surface area contributed by atoms with Crippen LogP contribution in [0.2, 0.25) is 0 Å². The van der Waals surface area contributed by atoms with Gasteiger partial charge >= 0.3 is 0 Å². The third-order valence-electron chi connectivity index (χ3n) is 4.73. The fourth-order valence-corrected chi connectivity index (χ4v) is 4.58. The Morgan fingerprint density at radius 2 is 1.81 bits per heavy atom. The van der Waals surface area contributed by atoms with E-state index in [-0.39, 0.29) is 24.2 Å². The van der Waals surface area contributed by atoms with Crippen LogP contribution in [0, 0.1) is 5.82 Å². The predicted octanol–water partition coefficient (Wildman–Crippen LogP) is 2.89. The summed E-state index contributed by atoms with van der Waals surface area (Å²) in [6.07, 6.45) is 1.07. The number of aromatic nitrogens is 3. The van der Waals surface area contributed by atoms with Crippen LogP contribution in [0.15, 0.2) is 59.8 Å². The Balaban J connectivity index is 1.65. The number of carbonyl (C=O) groups is 1. The first-order valence-corrected chi connectivity index (χ1v) is 12.6. The SMILES string of the molecule is C[C@@H](NC(=O)CSc1nnc(CN(c2ccc(F)cc2)S(C)(=O)=O)n1C)c1ccccc1. The Bertz CT molecular complexity index is 1170. The van der Waals surface area contributed by atoms with Crippen LogP contribution in [0.3, 0.4) is 0 Å². The van der Waals surface area contributed by atoms with Crippen LogP contribution < -0.4 is 9.62 Å². The maximum Gasteiger partial charge on any atom is 0.232 e. The zero-order chi connectivity index (χ0) is 23.3. The molecule has 1 amide bonds. The quantitative estimate of drug-likeness (QED) is 0.476. The molecule has 32 heavy (non-hydrogen) atoms. The average Bonchev–Trinajstić information content (AvgIpc) is 3.10. The van der Waals surface area contributed by atoms with E-state index in [1.807, 2.05) is 37.3 Å². The minimum atomic E-state index is -3.64. The van der Waals surface area contributed by atoms with E-state index in [2.05, 4.69) is 15.5 Å². The Morgan fingerprint density at radius 3 is 2.44 bits per heavy atom. The molecule has 3 rings (SSSR count).